The molecule has 0 heterocycles. The Kier molecular flexibility index (Phi) is 4.99. The van der Waals surface area contributed by atoms with Crippen molar-refractivity contribution in [2.24, 2.45) is 34.0 Å². The minimum Gasteiger partial charge on any atom is -0.317 e. The van der Waals surface area contributed by atoms with Gasteiger partial charge in [-0.3, -0.25) is 0 Å². The molecular formula is C26H42N2. The van der Waals surface area contributed by atoms with Crippen molar-refractivity contribution in [3.8, 4) is 0 Å². The highest BCUT2D eigenvalue weighted by atomic mass is 14.9. The van der Waals surface area contributed by atoms with Crippen LogP contribution in [-0.2, 0) is 0 Å². The summed E-state index contributed by atoms with van der Waals surface area (Å²) < 4.78 is 0. The van der Waals surface area contributed by atoms with Crippen LogP contribution in [0.1, 0.15) is 66.7 Å². The number of hydrogen-bond acceptors (Lipinski definition) is 2. The molecule has 4 rings (SSSR count). The summed E-state index contributed by atoms with van der Waals surface area (Å²) in [5.41, 5.74) is 4.34. The normalized spacial score (nSPS) is 45.2. The molecule has 0 aromatic heterocycles. The van der Waals surface area contributed by atoms with E-state index in [0.717, 1.165) is 11.8 Å². The summed E-state index contributed by atoms with van der Waals surface area (Å²) in [5.74, 6) is 2.16. The van der Waals surface area contributed by atoms with Crippen LogP contribution < -0.4 is 10.6 Å². The average Bonchev–Trinajstić information content (AvgIpc) is 2.80. The van der Waals surface area contributed by atoms with Crippen LogP contribution in [0.4, 0.5) is 0 Å². The van der Waals surface area contributed by atoms with E-state index in [9.17, 15) is 0 Å². The molecule has 7 atom stereocenters. The number of likely N-dealkylation sites (N-methyl/N-ethyl adjacent to an activating group) is 1. The van der Waals surface area contributed by atoms with Crippen molar-refractivity contribution < 1.29 is 0 Å². The van der Waals surface area contributed by atoms with Crippen LogP contribution in [0, 0.1) is 34.0 Å². The first-order valence-corrected chi connectivity index (χ1v) is 11.6. The van der Waals surface area contributed by atoms with E-state index in [1.165, 1.54) is 32.1 Å². The van der Waals surface area contributed by atoms with E-state index in [1.807, 2.05) is 0 Å². The third kappa shape index (κ3) is 2.67. The van der Waals surface area contributed by atoms with Gasteiger partial charge in [-0.2, -0.15) is 0 Å². The molecule has 0 amide bonds. The molecule has 4 aliphatic carbocycles. The molecule has 4 aliphatic rings. The Labute approximate surface area is 173 Å². The minimum absolute atomic E-state index is 0.270. The van der Waals surface area contributed by atoms with Gasteiger partial charge in [-0.25, -0.2) is 0 Å². The number of nitrogens with one attached hydrogen (secondary N) is 2. The lowest BCUT2D eigenvalue weighted by molar-refractivity contribution is 0.00180. The highest BCUT2D eigenvalue weighted by Gasteiger charge is 2.60. The molecule has 0 aliphatic heterocycles. The fraction of sp³-hybridized carbons (Fsp3) is 0.769. The summed E-state index contributed by atoms with van der Waals surface area (Å²) in [6.07, 6.45) is 16.7. The van der Waals surface area contributed by atoms with Gasteiger partial charge in [0.25, 0.3) is 0 Å². The van der Waals surface area contributed by atoms with Gasteiger partial charge in [0.05, 0.1) is 0 Å². The van der Waals surface area contributed by atoms with Crippen molar-refractivity contribution in [3.63, 3.8) is 0 Å². The second-order valence-electron chi connectivity index (χ2n) is 11.2. The SMILES string of the molecule is CN[C@@H](C)[C@H]1CC[C@@]2(C)[C@@H]3CC[C@@H]4C(=CC3=CC[C@]12C)C=C[C@H](NC)C4(C)C. The summed E-state index contributed by atoms with van der Waals surface area (Å²) in [6, 6.07) is 1.07. The molecule has 0 saturated heterocycles. The first-order chi connectivity index (χ1) is 13.2. The van der Waals surface area contributed by atoms with Crippen LogP contribution >= 0.6 is 0 Å². The van der Waals surface area contributed by atoms with Crippen molar-refractivity contribution in [1.29, 1.82) is 0 Å². The van der Waals surface area contributed by atoms with E-state index in [1.54, 1.807) is 11.1 Å². The zero-order chi connectivity index (χ0) is 20.3. The molecule has 0 spiro atoms. The molecule has 1 fully saturated rings. The first-order valence-electron chi connectivity index (χ1n) is 11.6. The van der Waals surface area contributed by atoms with Crippen LogP contribution in [0.2, 0.25) is 0 Å². The Morgan fingerprint density at radius 1 is 0.964 bits per heavy atom. The maximum atomic E-state index is 3.58. The second-order valence-corrected chi connectivity index (χ2v) is 11.2. The summed E-state index contributed by atoms with van der Waals surface area (Å²) in [5, 5.41) is 7.13. The van der Waals surface area contributed by atoms with Gasteiger partial charge in [0.15, 0.2) is 0 Å². The predicted molar refractivity (Wildman–Crippen MR) is 120 cm³/mol. The fourth-order valence-electron chi connectivity index (χ4n) is 7.83. The Bertz CT molecular complexity index is 714. The third-order valence-corrected chi connectivity index (χ3v) is 10.1. The molecule has 28 heavy (non-hydrogen) atoms. The number of rotatable bonds is 3. The molecule has 2 heteroatoms. The molecule has 2 N–H and O–H groups in total. The lowest BCUT2D eigenvalue weighted by Crippen LogP contribution is -2.49. The minimum atomic E-state index is 0.270. The molecule has 2 nitrogen and oxygen atoms in total. The molecule has 0 aromatic carbocycles. The summed E-state index contributed by atoms with van der Waals surface area (Å²) in [4.78, 5) is 0. The quantitative estimate of drug-likeness (QED) is 0.675. The smallest absolute Gasteiger partial charge is 0.0307 e. The molecular weight excluding hydrogens is 340 g/mol. The van der Waals surface area contributed by atoms with Gasteiger partial charge < -0.3 is 10.6 Å². The third-order valence-electron chi connectivity index (χ3n) is 10.1. The molecule has 156 valence electrons. The van der Waals surface area contributed by atoms with E-state index < -0.39 is 0 Å². The van der Waals surface area contributed by atoms with E-state index in [0.29, 0.717) is 28.8 Å². The predicted octanol–water partition coefficient (Wildman–Crippen LogP) is 5.48. The maximum Gasteiger partial charge on any atom is 0.0307 e. The monoisotopic (exact) mass is 382 g/mol. The van der Waals surface area contributed by atoms with E-state index in [-0.39, 0.29) is 5.41 Å². The van der Waals surface area contributed by atoms with Gasteiger partial charge in [0.1, 0.15) is 0 Å². The average molecular weight is 383 g/mol. The maximum absolute atomic E-state index is 3.58. The molecule has 0 unspecified atom stereocenters. The standard InChI is InChI=1S/C26H42N2/c1-17(27-6)20-13-15-26(5)22-10-9-21-18(8-11-23(28-7)24(21,2)3)16-19(22)12-14-25(20,26)4/h8,11-12,16-17,20-23,27-28H,9-10,13-15H2,1-7H3/t17-,20+,21+,22+,23-,25+,26-/m0/s1. The van der Waals surface area contributed by atoms with Gasteiger partial charge in [-0.05, 0) is 98.3 Å². The summed E-state index contributed by atoms with van der Waals surface area (Å²) in [7, 11) is 4.25. The van der Waals surface area contributed by atoms with E-state index in [2.05, 4.69) is 83.7 Å². The van der Waals surface area contributed by atoms with E-state index >= 15 is 0 Å². The highest BCUT2D eigenvalue weighted by molar-refractivity contribution is 5.42. The molecule has 1 saturated carbocycles. The Hall–Kier alpha value is -0.860. The largest absolute Gasteiger partial charge is 0.317 e. The summed E-state index contributed by atoms with van der Waals surface area (Å²) in [6.45, 7) is 12.6. The van der Waals surface area contributed by atoms with Crippen LogP contribution in [0.15, 0.2) is 35.5 Å². The van der Waals surface area contributed by atoms with E-state index in [4.69, 9.17) is 0 Å². The number of hydrogen-bond donors (Lipinski definition) is 2. The number of allylic oxidation sites excluding steroid dienone is 5. The van der Waals surface area contributed by atoms with Crippen LogP contribution in [0.5, 0.6) is 0 Å². The fourth-order valence-corrected chi connectivity index (χ4v) is 7.83. The Morgan fingerprint density at radius 2 is 1.68 bits per heavy atom. The highest BCUT2D eigenvalue weighted by Crippen LogP contribution is 2.67. The van der Waals surface area contributed by atoms with Crippen LogP contribution in [0.3, 0.4) is 0 Å². The lowest BCUT2D eigenvalue weighted by Gasteiger charge is -2.53. The van der Waals surface area contributed by atoms with Gasteiger partial charge in [-0.15, -0.1) is 0 Å². The molecule has 0 radical (unpaired) electrons. The van der Waals surface area contributed by atoms with Gasteiger partial charge >= 0.3 is 0 Å². The second kappa shape index (κ2) is 6.84. The van der Waals surface area contributed by atoms with Crippen LogP contribution in [0.25, 0.3) is 0 Å². The lowest BCUT2D eigenvalue weighted by atomic mass is 9.51. The van der Waals surface area contributed by atoms with Crippen molar-refractivity contribution in [1.82, 2.24) is 10.6 Å². The van der Waals surface area contributed by atoms with Crippen molar-refractivity contribution in [2.45, 2.75) is 78.8 Å². The zero-order valence-electron chi connectivity index (χ0n) is 19.2. The zero-order valence-corrected chi connectivity index (χ0v) is 19.2. The summed E-state index contributed by atoms with van der Waals surface area (Å²) >= 11 is 0. The van der Waals surface area contributed by atoms with Gasteiger partial charge in [-0.1, -0.05) is 52.0 Å². The van der Waals surface area contributed by atoms with Gasteiger partial charge in [0.2, 0.25) is 0 Å². The first kappa shape index (κ1) is 20.4. The van der Waals surface area contributed by atoms with Crippen molar-refractivity contribution in [2.75, 3.05) is 14.1 Å². The van der Waals surface area contributed by atoms with Crippen molar-refractivity contribution >= 4 is 0 Å². The van der Waals surface area contributed by atoms with Gasteiger partial charge in [0, 0.05) is 12.1 Å². The Balaban J connectivity index is 1.71. The molecule has 0 aromatic rings. The topological polar surface area (TPSA) is 24.1 Å². The molecule has 0 bridgehead atoms. The van der Waals surface area contributed by atoms with Crippen molar-refractivity contribution in [3.05, 3.63) is 35.5 Å². The number of fused-ring (bicyclic) bond motifs is 4. The Morgan fingerprint density at radius 3 is 2.36 bits per heavy atom. The van der Waals surface area contributed by atoms with Crippen LogP contribution in [-0.4, -0.2) is 26.2 Å².